The Hall–Kier alpha value is -1.89. The number of anilines is 1. The molecule has 1 N–H and O–H groups in total. The van der Waals surface area contributed by atoms with Gasteiger partial charge < -0.3 is 9.88 Å². The third-order valence-electron chi connectivity index (χ3n) is 4.37. The summed E-state index contributed by atoms with van der Waals surface area (Å²) in [5, 5.41) is 11.7. The van der Waals surface area contributed by atoms with Crippen molar-refractivity contribution in [2.24, 2.45) is 13.0 Å². The maximum absolute atomic E-state index is 11.7. The fourth-order valence-electron chi connectivity index (χ4n) is 2.97. The first-order chi connectivity index (χ1) is 10.9. The lowest BCUT2D eigenvalue weighted by atomic mass is 10.1. The second-order valence-corrected chi connectivity index (χ2v) is 8.44. The van der Waals surface area contributed by atoms with Crippen LogP contribution >= 0.6 is 0 Å². The first kappa shape index (κ1) is 16.0. The minimum Gasteiger partial charge on any atom is -0.385 e. The SMILES string of the molecule is Cc1nnc(-c2cccc(NCC3CCCS(=O)(=O)C3)c2)n1C. The van der Waals surface area contributed by atoms with E-state index in [1.165, 1.54) is 0 Å². The molecule has 1 aliphatic heterocycles. The monoisotopic (exact) mass is 334 g/mol. The quantitative estimate of drug-likeness (QED) is 0.926. The Morgan fingerprint density at radius 3 is 2.87 bits per heavy atom. The smallest absolute Gasteiger partial charge is 0.163 e. The lowest BCUT2D eigenvalue weighted by molar-refractivity contribution is 0.502. The maximum atomic E-state index is 11.7. The Morgan fingerprint density at radius 1 is 1.35 bits per heavy atom. The number of aryl methyl sites for hydroxylation is 1. The van der Waals surface area contributed by atoms with Crippen molar-refractivity contribution in [2.45, 2.75) is 19.8 Å². The van der Waals surface area contributed by atoms with E-state index in [1.54, 1.807) is 0 Å². The zero-order chi connectivity index (χ0) is 16.4. The molecule has 7 heteroatoms. The van der Waals surface area contributed by atoms with E-state index in [0.717, 1.165) is 35.7 Å². The second-order valence-electron chi connectivity index (χ2n) is 6.21. The van der Waals surface area contributed by atoms with Gasteiger partial charge in [0, 0.05) is 24.8 Å². The highest BCUT2D eigenvalue weighted by Gasteiger charge is 2.24. The molecule has 1 saturated heterocycles. The average molecular weight is 334 g/mol. The molecular formula is C16H22N4O2S. The first-order valence-corrected chi connectivity index (χ1v) is 9.67. The van der Waals surface area contributed by atoms with Gasteiger partial charge in [0.15, 0.2) is 15.7 Å². The molecule has 1 unspecified atom stereocenters. The van der Waals surface area contributed by atoms with Crippen molar-refractivity contribution < 1.29 is 8.42 Å². The largest absolute Gasteiger partial charge is 0.385 e. The summed E-state index contributed by atoms with van der Waals surface area (Å²) >= 11 is 0. The van der Waals surface area contributed by atoms with Crippen molar-refractivity contribution in [1.29, 1.82) is 0 Å². The minimum absolute atomic E-state index is 0.189. The van der Waals surface area contributed by atoms with Crippen molar-refractivity contribution in [3.05, 3.63) is 30.1 Å². The average Bonchev–Trinajstić information content (AvgIpc) is 2.84. The molecule has 0 radical (unpaired) electrons. The number of hydrogen-bond acceptors (Lipinski definition) is 5. The van der Waals surface area contributed by atoms with Gasteiger partial charge in [-0.2, -0.15) is 0 Å². The second kappa shape index (κ2) is 6.31. The molecule has 2 aromatic rings. The van der Waals surface area contributed by atoms with Gasteiger partial charge >= 0.3 is 0 Å². The van der Waals surface area contributed by atoms with E-state index in [2.05, 4.69) is 15.5 Å². The highest BCUT2D eigenvalue weighted by atomic mass is 32.2. The number of rotatable bonds is 4. The van der Waals surface area contributed by atoms with Crippen LogP contribution in [-0.2, 0) is 16.9 Å². The van der Waals surface area contributed by atoms with Crippen LogP contribution in [-0.4, -0.2) is 41.2 Å². The van der Waals surface area contributed by atoms with Crippen molar-refractivity contribution in [3.8, 4) is 11.4 Å². The number of sulfone groups is 1. The minimum atomic E-state index is -2.85. The molecule has 0 aliphatic carbocycles. The Labute approximate surface area is 136 Å². The van der Waals surface area contributed by atoms with Gasteiger partial charge in [0.25, 0.3) is 0 Å². The Morgan fingerprint density at radius 2 is 2.17 bits per heavy atom. The Balaban J connectivity index is 1.70. The summed E-state index contributed by atoms with van der Waals surface area (Å²) < 4.78 is 25.4. The highest BCUT2D eigenvalue weighted by molar-refractivity contribution is 7.91. The summed E-state index contributed by atoms with van der Waals surface area (Å²) in [6, 6.07) is 7.99. The fourth-order valence-corrected chi connectivity index (χ4v) is 4.74. The summed E-state index contributed by atoms with van der Waals surface area (Å²) in [7, 11) is -0.910. The third-order valence-corrected chi connectivity index (χ3v) is 6.26. The van der Waals surface area contributed by atoms with E-state index in [9.17, 15) is 8.42 Å². The molecule has 0 spiro atoms. The van der Waals surface area contributed by atoms with Crippen LogP contribution in [0.15, 0.2) is 24.3 Å². The Kier molecular flexibility index (Phi) is 4.39. The molecule has 2 heterocycles. The van der Waals surface area contributed by atoms with Crippen molar-refractivity contribution in [1.82, 2.24) is 14.8 Å². The van der Waals surface area contributed by atoms with Crippen LogP contribution in [0.1, 0.15) is 18.7 Å². The van der Waals surface area contributed by atoms with E-state index in [4.69, 9.17) is 0 Å². The number of benzene rings is 1. The molecular weight excluding hydrogens is 312 g/mol. The first-order valence-electron chi connectivity index (χ1n) is 7.85. The molecule has 0 amide bonds. The van der Waals surface area contributed by atoms with Gasteiger partial charge in [-0.25, -0.2) is 8.42 Å². The van der Waals surface area contributed by atoms with Gasteiger partial charge in [0.05, 0.1) is 11.5 Å². The van der Waals surface area contributed by atoms with Gasteiger partial charge in [-0.3, -0.25) is 0 Å². The van der Waals surface area contributed by atoms with E-state index >= 15 is 0 Å². The molecule has 124 valence electrons. The molecule has 23 heavy (non-hydrogen) atoms. The summed E-state index contributed by atoms with van der Waals surface area (Å²) in [4.78, 5) is 0. The molecule has 1 aromatic carbocycles. The number of hydrogen-bond donors (Lipinski definition) is 1. The summed E-state index contributed by atoms with van der Waals surface area (Å²) in [5.41, 5.74) is 1.97. The normalized spacial score (nSPS) is 20.3. The molecule has 3 rings (SSSR count). The molecule has 6 nitrogen and oxygen atoms in total. The van der Waals surface area contributed by atoms with E-state index in [-0.39, 0.29) is 5.92 Å². The number of nitrogens with one attached hydrogen (secondary N) is 1. The van der Waals surface area contributed by atoms with Gasteiger partial charge in [-0.05, 0) is 37.8 Å². The molecule has 1 aromatic heterocycles. The molecule has 1 atom stereocenters. The zero-order valence-corrected chi connectivity index (χ0v) is 14.3. The van der Waals surface area contributed by atoms with Gasteiger partial charge in [-0.1, -0.05) is 12.1 Å². The van der Waals surface area contributed by atoms with Gasteiger partial charge in [0.1, 0.15) is 5.82 Å². The van der Waals surface area contributed by atoms with Gasteiger partial charge in [-0.15, -0.1) is 10.2 Å². The lowest BCUT2D eigenvalue weighted by Gasteiger charge is -2.22. The van der Waals surface area contributed by atoms with Crippen LogP contribution in [0.3, 0.4) is 0 Å². The van der Waals surface area contributed by atoms with Crippen LogP contribution in [0.25, 0.3) is 11.4 Å². The molecule has 0 saturated carbocycles. The molecule has 1 fully saturated rings. The van der Waals surface area contributed by atoms with Crippen molar-refractivity contribution in [3.63, 3.8) is 0 Å². The van der Waals surface area contributed by atoms with Gasteiger partial charge in [0.2, 0.25) is 0 Å². The number of aromatic nitrogens is 3. The van der Waals surface area contributed by atoms with Crippen molar-refractivity contribution >= 4 is 15.5 Å². The third kappa shape index (κ3) is 3.72. The maximum Gasteiger partial charge on any atom is 0.163 e. The van der Waals surface area contributed by atoms with Crippen molar-refractivity contribution in [2.75, 3.05) is 23.4 Å². The van der Waals surface area contributed by atoms with E-state index < -0.39 is 9.84 Å². The standard InChI is InChI=1S/C16H22N4O2S/c1-12-18-19-16(20(12)2)14-6-3-7-15(9-14)17-10-13-5-4-8-23(21,22)11-13/h3,6-7,9,13,17H,4-5,8,10-11H2,1-2H3. The Bertz CT molecular complexity index is 798. The predicted molar refractivity (Wildman–Crippen MR) is 91.0 cm³/mol. The molecule has 1 aliphatic rings. The van der Waals surface area contributed by atoms with Crippen LogP contribution in [0.4, 0.5) is 5.69 Å². The fraction of sp³-hybridized carbons (Fsp3) is 0.500. The highest BCUT2D eigenvalue weighted by Crippen LogP contribution is 2.23. The lowest BCUT2D eigenvalue weighted by Crippen LogP contribution is -2.29. The van der Waals surface area contributed by atoms with Crippen LogP contribution in [0, 0.1) is 12.8 Å². The zero-order valence-electron chi connectivity index (χ0n) is 13.5. The summed E-state index contributed by atoms with van der Waals surface area (Å²) in [6.45, 7) is 2.60. The van der Waals surface area contributed by atoms with Crippen LogP contribution in [0.2, 0.25) is 0 Å². The van der Waals surface area contributed by atoms with E-state index in [0.29, 0.717) is 18.1 Å². The topological polar surface area (TPSA) is 76.9 Å². The van der Waals surface area contributed by atoms with Crippen LogP contribution < -0.4 is 5.32 Å². The molecule has 0 bridgehead atoms. The predicted octanol–water partition coefficient (Wildman–Crippen LogP) is 2.03. The summed E-state index contributed by atoms with van der Waals surface area (Å²) in [5.74, 6) is 2.51. The number of nitrogens with zero attached hydrogens (tertiary/aromatic N) is 3. The summed E-state index contributed by atoms with van der Waals surface area (Å²) in [6.07, 6.45) is 1.74. The van der Waals surface area contributed by atoms with E-state index in [1.807, 2.05) is 42.8 Å². The van der Waals surface area contributed by atoms with Crippen LogP contribution in [0.5, 0.6) is 0 Å².